The lowest BCUT2D eigenvalue weighted by molar-refractivity contribution is 0.127. The third kappa shape index (κ3) is 3.94. The van der Waals surface area contributed by atoms with Crippen molar-refractivity contribution < 1.29 is 0 Å². The molecule has 3 nitrogen and oxygen atoms in total. The van der Waals surface area contributed by atoms with Crippen LogP contribution < -0.4 is 5.73 Å². The van der Waals surface area contributed by atoms with Gasteiger partial charge in [-0.15, -0.1) is 36.2 Å². The first-order valence-electron chi connectivity index (χ1n) is 8.03. The average Bonchev–Trinajstić information content (AvgIpc) is 3.07. The zero-order valence-electron chi connectivity index (χ0n) is 13.5. The first-order chi connectivity index (χ1) is 10.8. The molecular weight excluding hydrogens is 361 g/mol. The van der Waals surface area contributed by atoms with Gasteiger partial charge in [0.25, 0.3) is 0 Å². The maximum Gasteiger partial charge on any atom is 0.141 e. The second-order valence-electron chi connectivity index (χ2n) is 6.25. The number of nitrogens with two attached hydrogens (primary N) is 1. The van der Waals surface area contributed by atoms with Gasteiger partial charge in [-0.1, -0.05) is 18.6 Å². The summed E-state index contributed by atoms with van der Waals surface area (Å²) in [5.41, 5.74) is 10.0. The molecule has 0 aliphatic carbocycles. The predicted octanol–water partition coefficient (Wildman–Crippen LogP) is 4.54. The van der Waals surface area contributed by atoms with E-state index in [1.807, 2.05) is 17.5 Å². The van der Waals surface area contributed by atoms with E-state index in [1.165, 1.54) is 43.4 Å². The topological polar surface area (TPSA) is 41.6 Å². The van der Waals surface area contributed by atoms with E-state index in [9.17, 15) is 0 Å². The van der Waals surface area contributed by atoms with Crippen LogP contribution in [0.2, 0.25) is 0 Å². The number of rotatable bonds is 2. The van der Waals surface area contributed by atoms with Crippen molar-refractivity contribution in [2.75, 3.05) is 6.54 Å². The summed E-state index contributed by atoms with van der Waals surface area (Å²) < 4.78 is 0. The number of aliphatic imine (C=N–C) groups is 1. The minimum Gasteiger partial charge on any atom is -0.383 e. The summed E-state index contributed by atoms with van der Waals surface area (Å²) in [5, 5.41) is 2.03. The number of benzene rings is 1. The van der Waals surface area contributed by atoms with Gasteiger partial charge in [0.1, 0.15) is 5.84 Å². The Kier molecular flexibility index (Phi) is 6.70. The van der Waals surface area contributed by atoms with E-state index in [2.05, 4.69) is 28.1 Å². The Hall–Kier alpha value is -1.07. The molecule has 0 bridgehead atoms. The average molecular weight is 384 g/mol. The number of hydrogen-bond donors (Lipinski definition) is 1. The lowest BCUT2D eigenvalue weighted by atomic mass is 9.88. The number of amidine groups is 1. The molecule has 2 aliphatic heterocycles. The third-order valence-corrected chi connectivity index (χ3v) is 5.68. The molecule has 130 valence electrons. The van der Waals surface area contributed by atoms with Crippen molar-refractivity contribution in [3.63, 3.8) is 0 Å². The van der Waals surface area contributed by atoms with Crippen molar-refractivity contribution in [3.8, 4) is 0 Å². The van der Waals surface area contributed by atoms with Gasteiger partial charge in [-0.2, -0.15) is 0 Å². The minimum atomic E-state index is 0. The Morgan fingerprint density at radius 3 is 2.83 bits per heavy atom. The Morgan fingerprint density at radius 1 is 1.17 bits per heavy atom. The largest absolute Gasteiger partial charge is 0.383 e. The molecule has 0 saturated carbocycles. The maximum absolute atomic E-state index is 6.10. The van der Waals surface area contributed by atoms with E-state index in [1.54, 1.807) is 11.3 Å². The van der Waals surface area contributed by atoms with Crippen LogP contribution in [0.3, 0.4) is 0 Å². The van der Waals surface area contributed by atoms with Gasteiger partial charge in [-0.25, -0.2) is 4.99 Å². The molecule has 0 radical (unpaired) electrons. The molecule has 1 unspecified atom stereocenters. The van der Waals surface area contributed by atoms with Crippen molar-refractivity contribution in [2.45, 2.75) is 38.3 Å². The summed E-state index contributed by atoms with van der Waals surface area (Å²) in [6.07, 6.45) is 5.27. The number of fused-ring (bicyclic) bond motifs is 2. The molecule has 4 rings (SSSR count). The molecule has 0 amide bonds. The standard InChI is InChI=1S/C18H21N3S.2ClH/c19-18(17-5-3-9-22-17)20-15-7-6-13-11-16-4-1-2-8-21(16)12-14(13)10-15;;/h3,5-7,9-10,16H,1-2,4,8,11-12H2,(H2,19,20);2*1H. The van der Waals surface area contributed by atoms with Crippen LogP contribution in [-0.4, -0.2) is 23.3 Å². The van der Waals surface area contributed by atoms with E-state index in [0.29, 0.717) is 5.84 Å². The van der Waals surface area contributed by atoms with Gasteiger partial charge in [0, 0.05) is 12.6 Å². The van der Waals surface area contributed by atoms with Crippen LogP contribution in [0.5, 0.6) is 0 Å². The molecule has 1 saturated heterocycles. The molecule has 6 heteroatoms. The molecule has 2 aliphatic rings. The molecule has 1 aromatic heterocycles. The number of nitrogens with zero attached hydrogens (tertiary/aromatic N) is 2. The van der Waals surface area contributed by atoms with Crippen molar-refractivity contribution in [1.29, 1.82) is 0 Å². The van der Waals surface area contributed by atoms with E-state index in [4.69, 9.17) is 5.73 Å². The van der Waals surface area contributed by atoms with Crippen LogP contribution in [0.1, 0.15) is 35.3 Å². The van der Waals surface area contributed by atoms with Crippen LogP contribution in [0.4, 0.5) is 5.69 Å². The summed E-state index contributed by atoms with van der Waals surface area (Å²) in [6.45, 7) is 2.32. The predicted molar refractivity (Wildman–Crippen MR) is 107 cm³/mol. The highest BCUT2D eigenvalue weighted by Gasteiger charge is 2.28. The Morgan fingerprint density at radius 2 is 2.04 bits per heavy atom. The Balaban J connectivity index is 0.00000104. The minimum absolute atomic E-state index is 0. The number of piperidine rings is 1. The van der Waals surface area contributed by atoms with Crippen LogP contribution >= 0.6 is 36.2 Å². The number of halogens is 2. The summed E-state index contributed by atoms with van der Waals surface area (Å²) in [6, 6.07) is 11.4. The molecule has 1 aromatic carbocycles. The molecule has 1 fully saturated rings. The summed E-state index contributed by atoms with van der Waals surface area (Å²) in [4.78, 5) is 8.28. The maximum atomic E-state index is 6.10. The second kappa shape index (κ2) is 8.34. The zero-order valence-corrected chi connectivity index (χ0v) is 15.9. The van der Waals surface area contributed by atoms with Gasteiger partial charge in [0.15, 0.2) is 0 Å². The van der Waals surface area contributed by atoms with Gasteiger partial charge in [-0.05, 0) is 60.5 Å². The molecule has 2 N–H and O–H groups in total. The number of hydrogen-bond acceptors (Lipinski definition) is 3. The first-order valence-corrected chi connectivity index (χ1v) is 8.91. The van der Waals surface area contributed by atoms with Gasteiger partial charge >= 0.3 is 0 Å². The van der Waals surface area contributed by atoms with Crippen LogP contribution in [0.25, 0.3) is 0 Å². The zero-order chi connectivity index (χ0) is 14.9. The SMILES string of the molecule is Cl.Cl.NC(=Nc1ccc2c(c1)CN1CCCCC1C2)c1cccs1. The summed E-state index contributed by atoms with van der Waals surface area (Å²) in [7, 11) is 0. The lowest BCUT2D eigenvalue weighted by Crippen LogP contribution is -2.43. The smallest absolute Gasteiger partial charge is 0.141 e. The van der Waals surface area contributed by atoms with E-state index >= 15 is 0 Å². The van der Waals surface area contributed by atoms with E-state index in [0.717, 1.165) is 23.2 Å². The first kappa shape index (κ1) is 19.3. The fourth-order valence-electron chi connectivity index (χ4n) is 3.62. The highest BCUT2D eigenvalue weighted by Crippen LogP contribution is 2.31. The summed E-state index contributed by atoms with van der Waals surface area (Å²) >= 11 is 1.63. The van der Waals surface area contributed by atoms with Gasteiger partial charge in [0.05, 0.1) is 10.6 Å². The fraction of sp³-hybridized carbons (Fsp3) is 0.389. The Bertz CT molecular complexity index is 700. The quantitative estimate of drug-likeness (QED) is 0.610. The summed E-state index contributed by atoms with van der Waals surface area (Å²) in [5.74, 6) is 0.613. The van der Waals surface area contributed by atoms with Crippen molar-refractivity contribution in [1.82, 2.24) is 4.90 Å². The van der Waals surface area contributed by atoms with E-state index < -0.39 is 0 Å². The molecule has 3 heterocycles. The van der Waals surface area contributed by atoms with Crippen LogP contribution in [-0.2, 0) is 13.0 Å². The van der Waals surface area contributed by atoms with Gasteiger partial charge in [-0.3, -0.25) is 4.90 Å². The van der Waals surface area contributed by atoms with Gasteiger partial charge < -0.3 is 5.73 Å². The molecule has 1 atom stereocenters. The normalized spacial score (nSPS) is 20.3. The monoisotopic (exact) mass is 383 g/mol. The lowest BCUT2D eigenvalue weighted by Gasteiger charge is -2.40. The van der Waals surface area contributed by atoms with E-state index in [-0.39, 0.29) is 24.8 Å². The molecular formula is C18H23Cl2N3S. The van der Waals surface area contributed by atoms with Crippen LogP contribution in [0, 0.1) is 0 Å². The highest BCUT2D eigenvalue weighted by molar-refractivity contribution is 7.12. The highest BCUT2D eigenvalue weighted by atomic mass is 35.5. The van der Waals surface area contributed by atoms with Crippen molar-refractivity contribution >= 4 is 47.7 Å². The van der Waals surface area contributed by atoms with Gasteiger partial charge in [0.2, 0.25) is 0 Å². The fourth-order valence-corrected chi connectivity index (χ4v) is 4.25. The number of thiophene rings is 1. The van der Waals surface area contributed by atoms with Crippen LogP contribution in [0.15, 0.2) is 40.7 Å². The molecule has 2 aromatic rings. The van der Waals surface area contributed by atoms with Crippen molar-refractivity contribution in [3.05, 3.63) is 51.7 Å². The Labute approximate surface area is 159 Å². The molecule has 24 heavy (non-hydrogen) atoms. The van der Waals surface area contributed by atoms with Crippen molar-refractivity contribution in [2.24, 2.45) is 10.7 Å². The molecule has 0 spiro atoms. The second-order valence-corrected chi connectivity index (χ2v) is 7.20. The third-order valence-electron chi connectivity index (χ3n) is 4.79.